The molecule has 1 aliphatic rings. The van der Waals surface area contributed by atoms with Crippen LogP contribution in [-0.2, 0) is 15.8 Å². The number of carbonyl (C=O) groups excluding carboxylic acids is 2. The summed E-state index contributed by atoms with van der Waals surface area (Å²) in [6.07, 6.45) is -4.59. The molecule has 5 nitrogen and oxygen atoms in total. The topological polar surface area (TPSA) is 58.6 Å². The molecule has 1 atom stereocenters. The van der Waals surface area contributed by atoms with Crippen molar-refractivity contribution in [1.82, 2.24) is 0 Å². The summed E-state index contributed by atoms with van der Waals surface area (Å²) in [6, 6.07) is 9.61. The second-order valence-electron chi connectivity index (χ2n) is 7.25. The van der Waals surface area contributed by atoms with Crippen molar-refractivity contribution in [2.75, 3.05) is 16.8 Å². The molecule has 0 bridgehead atoms. The lowest BCUT2D eigenvalue weighted by molar-refractivity contribution is -0.137. The van der Waals surface area contributed by atoms with E-state index in [9.17, 15) is 22.8 Å². The van der Waals surface area contributed by atoms with Crippen molar-refractivity contribution in [1.29, 1.82) is 0 Å². The maximum atomic E-state index is 12.9. The second-order valence-corrected chi connectivity index (χ2v) is 7.65. The van der Waals surface area contributed by atoms with E-state index >= 15 is 0 Å². The zero-order valence-electron chi connectivity index (χ0n) is 16.3. The Balaban J connectivity index is 1.70. The van der Waals surface area contributed by atoms with Gasteiger partial charge in [-0.3, -0.25) is 9.59 Å². The van der Waals surface area contributed by atoms with Crippen molar-refractivity contribution < 1.29 is 27.5 Å². The van der Waals surface area contributed by atoms with Gasteiger partial charge in [-0.15, -0.1) is 0 Å². The molecule has 9 heteroatoms. The zero-order chi connectivity index (χ0) is 22.1. The van der Waals surface area contributed by atoms with Gasteiger partial charge in [0.15, 0.2) is 0 Å². The van der Waals surface area contributed by atoms with E-state index in [0.717, 1.165) is 18.2 Å². The van der Waals surface area contributed by atoms with Crippen LogP contribution in [0.3, 0.4) is 0 Å². The molecule has 30 heavy (non-hydrogen) atoms. The zero-order valence-corrected chi connectivity index (χ0v) is 17.1. The van der Waals surface area contributed by atoms with Crippen molar-refractivity contribution in [3.63, 3.8) is 0 Å². The van der Waals surface area contributed by atoms with Crippen LogP contribution in [0, 0.1) is 5.92 Å². The Morgan fingerprint density at radius 1 is 1.20 bits per heavy atom. The lowest BCUT2D eigenvalue weighted by Crippen LogP contribution is -2.28. The monoisotopic (exact) mass is 440 g/mol. The number of nitrogens with zero attached hydrogens (tertiary/aromatic N) is 1. The maximum absolute atomic E-state index is 12.9. The third-order valence-electron chi connectivity index (χ3n) is 4.57. The fourth-order valence-electron chi connectivity index (χ4n) is 3.14. The first-order valence-electron chi connectivity index (χ1n) is 9.29. The molecule has 0 saturated carbocycles. The summed E-state index contributed by atoms with van der Waals surface area (Å²) < 4.78 is 44.3. The first kappa shape index (κ1) is 22.0. The summed E-state index contributed by atoms with van der Waals surface area (Å²) in [5, 5.41) is 2.40. The van der Waals surface area contributed by atoms with Crippen molar-refractivity contribution in [2.24, 2.45) is 5.92 Å². The number of carbonyl (C=O) groups is 2. The molecule has 1 heterocycles. The molecule has 1 saturated heterocycles. The van der Waals surface area contributed by atoms with E-state index in [0.29, 0.717) is 11.4 Å². The van der Waals surface area contributed by atoms with E-state index in [1.807, 2.05) is 13.8 Å². The first-order chi connectivity index (χ1) is 14.0. The van der Waals surface area contributed by atoms with Gasteiger partial charge in [-0.2, -0.15) is 13.2 Å². The molecule has 0 aliphatic carbocycles. The Kier molecular flexibility index (Phi) is 6.26. The third kappa shape index (κ3) is 5.05. The first-order valence-corrected chi connectivity index (χ1v) is 9.67. The fraction of sp³-hybridized carbons (Fsp3) is 0.333. The molecular formula is C21H20ClF3N2O3. The molecule has 160 valence electrons. The third-order valence-corrected chi connectivity index (χ3v) is 4.90. The molecule has 2 aromatic rings. The molecule has 3 rings (SSSR count). The van der Waals surface area contributed by atoms with Gasteiger partial charge in [0.05, 0.1) is 28.3 Å². The molecule has 0 aromatic heterocycles. The van der Waals surface area contributed by atoms with E-state index in [1.54, 1.807) is 24.3 Å². The van der Waals surface area contributed by atoms with Crippen LogP contribution < -0.4 is 15.0 Å². The van der Waals surface area contributed by atoms with Gasteiger partial charge in [0.1, 0.15) is 5.75 Å². The number of amides is 2. The van der Waals surface area contributed by atoms with Gasteiger partial charge in [-0.25, -0.2) is 0 Å². The van der Waals surface area contributed by atoms with Crippen LogP contribution in [0.2, 0.25) is 5.02 Å². The second kappa shape index (κ2) is 8.55. The predicted molar refractivity (Wildman–Crippen MR) is 108 cm³/mol. The van der Waals surface area contributed by atoms with Gasteiger partial charge >= 0.3 is 6.18 Å². The van der Waals surface area contributed by atoms with Gasteiger partial charge in [0, 0.05) is 18.7 Å². The number of nitrogens with one attached hydrogen (secondary N) is 1. The van der Waals surface area contributed by atoms with Gasteiger partial charge in [0.2, 0.25) is 11.8 Å². The lowest BCUT2D eigenvalue weighted by atomic mass is 10.1. The highest BCUT2D eigenvalue weighted by molar-refractivity contribution is 6.33. The SMILES string of the molecule is CC(C)Oc1ccc(N2C[C@@H](C(=O)Nc3cc(C(F)(F)F)ccc3Cl)CC2=O)cc1. The van der Waals surface area contributed by atoms with Crippen LogP contribution >= 0.6 is 11.6 Å². The Labute approximate surface area is 176 Å². The van der Waals surface area contributed by atoms with Gasteiger partial charge < -0.3 is 15.0 Å². The fourth-order valence-corrected chi connectivity index (χ4v) is 3.31. The Bertz CT molecular complexity index is 946. The van der Waals surface area contributed by atoms with Crippen molar-refractivity contribution in [3.8, 4) is 5.75 Å². The average molecular weight is 441 g/mol. The number of hydrogen-bond acceptors (Lipinski definition) is 3. The summed E-state index contributed by atoms with van der Waals surface area (Å²) in [6.45, 7) is 3.92. The number of ether oxygens (including phenoxy) is 1. The molecule has 0 spiro atoms. The van der Waals surface area contributed by atoms with Crippen LogP contribution in [-0.4, -0.2) is 24.5 Å². The number of halogens is 4. The highest BCUT2D eigenvalue weighted by atomic mass is 35.5. The maximum Gasteiger partial charge on any atom is 0.416 e. The average Bonchev–Trinajstić information content (AvgIpc) is 3.04. The molecule has 2 amide bonds. The van der Waals surface area contributed by atoms with E-state index in [2.05, 4.69) is 5.32 Å². The summed E-state index contributed by atoms with van der Waals surface area (Å²) in [4.78, 5) is 26.4. The van der Waals surface area contributed by atoms with Crippen molar-refractivity contribution in [2.45, 2.75) is 32.5 Å². The Morgan fingerprint density at radius 3 is 2.47 bits per heavy atom. The largest absolute Gasteiger partial charge is 0.491 e. The minimum atomic E-state index is -4.56. The lowest BCUT2D eigenvalue weighted by Gasteiger charge is -2.18. The Morgan fingerprint density at radius 2 is 1.87 bits per heavy atom. The molecule has 2 aromatic carbocycles. The van der Waals surface area contributed by atoms with E-state index in [4.69, 9.17) is 16.3 Å². The van der Waals surface area contributed by atoms with Crippen LogP contribution in [0.4, 0.5) is 24.5 Å². The number of rotatable bonds is 5. The quantitative estimate of drug-likeness (QED) is 0.700. The summed E-state index contributed by atoms with van der Waals surface area (Å²) in [7, 11) is 0. The molecule has 1 aliphatic heterocycles. The van der Waals surface area contributed by atoms with E-state index in [1.165, 1.54) is 4.90 Å². The minimum Gasteiger partial charge on any atom is -0.491 e. The number of hydrogen-bond donors (Lipinski definition) is 1. The summed E-state index contributed by atoms with van der Waals surface area (Å²) in [5.74, 6) is -0.863. The number of anilines is 2. The molecule has 1 N–H and O–H groups in total. The van der Waals surface area contributed by atoms with Crippen LogP contribution in [0.5, 0.6) is 5.75 Å². The van der Waals surface area contributed by atoms with Crippen molar-refractivity contribution >= 4 is 34.8 Å². The molecular weight excluding hydrogens is 421 g/mol. The smallest absolute Gasteiger partial charge is 0.416 e. The van der Waals surface area contributed by atoms with Gasteiger partial charge in [-0.1, -0.05) is 11.6 Å². The number of benzene rings is 2. The Hall–Kier alpha value is -2.74. The molecule has 0 radical (unpaired) electrons. The van der Waals surface area contributed by atoms with Crippen molar-refractivity contribution in [3.05, 3.63) is 53.1 Å². The molecule has 1 fully saturated rings. The van der Waals surface area contributed by atoms with Gasteiger partial charge in [-0.05, 0) is 56.3 Å². The standard InChI is InChI=1S/C21H20ClF3N2O3/c1-12(2)30-16-6-4-15(5-7-16)27-11-13(9-19(27)28)20(29)26-18-10-14(21(23,24)25)3-8-17(18)22/h3-8,10,12-13H,9,11H2,1-2H3,(H,26,29)/t13-/m0/s1. The van der Waals surface area contributed by atoms with E-state index < -0.39 is 23.6 Å². The normalized spacial score (nSPS) is 16.8. The summed E-state index contributed by atoms with van der Waals surface area (Å²) >= 11 is 5.93. The highest BCUT2D eigenvalue weighted by Crippen LogP contribution is 2.34. The summed E-state index contributed by atoms with van der Waals surface area (Å²) in [5.41, 5.74) is -0.448. The minimum absolute atomic E-state index is 0.0139. The van der Waals surface area contributed by atoms with Crippen LogP contribution in [0.15, 0.2) is 42.5 Å². The molecule has 0 unspecified atom stereocenters. The van der Waals surface area contributed by atoms with Gasteiger partial charge in [0.25, 0.3) is 0 Å². The number of alkyl halides is 3. The highest BCUT2D eigenvalue weighted by Gasteiger charge is 2.36. The predicted octanol–water partition coefficient (Wildman–Crippen LogP) is 5.14. The van der Waals surface area contributed by atoms with E-state index in [-0.39, 0.29) is 35.7 Å². The van der Waals surface area contributed by atoms with Crippen LogP contribution in [0.1, 0.15) is 25.8 Å². The van der Waals surface area contributed by atoms with Crippen LogP contribution in [0.25, 0.3) is 0 Å².